The van der Waals surface area contributed by atoms with E-state index in [0.29, 0.717) is 24.2 Å². The third-order valence-corrected chi connectivity index (χ3v) is 5.78. The summed E-state index contributed by atoms with van der Waals surface area (Å²) in [5.41, 5.74) is 1.85. The molecule has 2 amide bonds. The van der Waals surface area contributed by atoms with Gasteiger partial charge in [-0.1, -0.05) is 42.5 Å². The van der Waals surface area contributed by atoms with Gasteiger partial charge in [0.25, 0.3) is 11.8 Å². The molecule has 0 aliphatic carbocycles. The van der Waals surface area contributed by atoms with E-state index < -0.39 is 17.6 Å². The standard InChI is InChI=1S/C25H28N2O4/c1-17(2)31-21-10-8-19(9-11-21)22-23(28)25(30)27(24(22)29)20-12-14-26(15-13-20)16-18-6-4-3-5-7-18/h3-11,17,20,28H,12-16H2,1-2H3. The lowest BCUT2D eigenvalue weighted by atomic mass is 10.0. The number of piperidine rings is 1. The maximum Gasteiger partial charge on any atom is 0.296 e. The second kappa shape index (κ2) is 8.94. The first-order chi connectivity index (χ1) is 14.9. The lowest BCUT2D eigenvalue weighted by Gasteiger charge is -2.35. The average Bonchev–Trinajstić information content (AvgIpc) is 2.98. The van der Waals surface area contributed by atoms with Crippen molar-refractivity contribution in [3.05, 3.63) is 71.5 Å². The van der Waals surface area contributed by atoms with Crippen molar-refractivity contribution in [2.75, 3.05) is 13.1 Å². The molecule has 0 unspecified atom stereocenters. The predicted octanol–water partition coefficient (Wildman–Crippen LogP) is 3.78. The number of hydrogen-bond acceptors (Lipinski definition) is 5. The molecule has 0 bridgehead atoms. The van der Waals surface area contributed by atoms with Gasteiger partial charge in [-0.05, 0) is 49.9 Å². The number of likely N-dealkylation sites (tertiary alicyclic amines) is 1. The summed E-state index contributed by atoms with van der Waals surface area (Å²) < 4.78 is 5.63. The fourth-order valence-corrected chi connectivity index (χ4v) is 4.28. The van der Waals surface area contributed by atoms with Gasteiger partial charge in [-0.3, -0.25) is 19.4 Å². The normalized spacial score (nSPS) is 18.4. The molecule has 0 saturated carbocycles. The van der Waals surface area contributed by atoms with E-state index in [0.717, 1.165) is 19.6 Å². The summed E-state index contributed by atoms with van der Waals surface area (Å²) in [5, 5.41) is 10.5. The fourth-order valence-electron chi connectivity index (χ4n) is 4.28. The molecule has 0 atom stereocenters. The van der Waals surface area contributed by atoms with Crippen LogP contribution in [0.4, 0.5) is 0 Å². The molecule has 31 heavy (non-hydrogen) atoms. The monoisotopic (exact) mass is 420 g/mol. The Morgan fingerprint density at radius 2 is 1.61 bits per heavy atom. The van der Waals surface area contributed by atoms with Gasteiger partial charge < -0.3 is 9.84 Å². The summed E-state index contributed by atoms with van der Waals surface area (Å²) >= 11 is 0. The molecule has 162 valence electrons. The third kappa shape index (κ3) is 4.49. The Morgan fingerprint density at radius 3 is 2.23 bits per heavy atom. The van der Waals surface area contributed by atoms with Crippen molar-refractivity contribution >= 4 is 17.4 Å². The van der Waals surface area contributed by atoms with Gasteiger partial charge in [-0.25, -0.2) is 0 Å². The van der Waals surface area contributed by atoms with Crippen LogP contribution in [0, 0.1) is 0 Å². The van der Waals surface area contributed by atoms with Crippen LogP contribution in [0.1, 0.15) is 37.8 Å². The van der Waals surface area contributed by atoms with Crippen molar-refractivity contribution in [2.24, 2.45) is 0 Å². The average molecular weight is 421 g/mol. The zero-order chi connectivity index (χ0) is 22.0. The van der Waals surface area contributed by atoms with E-state index in [4.69, 9.17) is 4.74 Å². The highest BCUT2D eigenvalue weighted by molar-refractivity contribution is 6.35. The number of carbonyl (C=O) groups excluding carboxylic acids is 2. The molecule has 0 aromatic heterocycles. The topological polar surface area (TPSA) is 70.1 Å². The highest BCUT2D eigenvalue weighted by Crippen LogP contribution is 2.33. The molecule has 1 saturated heterocycles. The minimum atomic E-state index is -0.594. The predicted molar refractivity (Wildman–Crippen MR) is 118 cm³/mol. The van der Waals surface area contributed by atoms with Crippen LogP contribution < -0.4 is 4.74 Å². The van der Waals surface area contributed by atoms with Gasteiger partial charge in [0.05, 0.1) is 11.7 Å². The maximum absolute atomic E-state index is 13.1. The van der Waals surface area contributed by atoms with Crippen molar-refractivity contribution in [3.63, 3.8) is 0 Å². The van der Waals surface area contributed by atoms with E-state index in [2.05, 4.69) is 17.0 Å². The molecular formula is C25H28N2O4. The second-order valence-corrected chi connectivity index (χ2v) is 8.39. The Labute approximate surface area is 182 Å². The molecule has 1 N–H and O–H groups in total. The van der Waals surface area contributed by atoms with Crippen molar-refractivity contribution in [1.82, 2.24) is 9.80 Å². The molecule has 0 spiro atoms. The second-order valence-electron chi connectivity index (χ2n) is 8.39. The summed E-state index contributed by atoms with van der Waals surface area (Å²) in [6, 6.07) is 17.0. The number of hydrogen-bond donors (Lipinski definition) is 1. The van der Waals surface area contributed by atoms with Crippen LogP contribution in [0.2, 0.25) is 0 Å². The number of ether oxygens (including phenoxy) is 1. The van der Waals surface area contributed by atoms with Gasteiger partial charge in [0.15, 0.2) is 5.76 Å². The Morgan fingerprint density at radius 1 is 0.968 bits per heavy atom. The SMILES string of the molecule is CC(C)Oc1ccc(C2=C(O)C(=O)N(C3CCN(Cc4ccccc4)CC3)C2=O)cc1. The van der Waals surface area contributed by atoms with Gasteiger partial charge in [0.2, 0.25) is 0 Å². The zero-order valence-electron chi connectivity index (χ0n) is 18.0. The molecule has 0 radical (unpaired) electrons. The first-order valence-electron chi connectivity index (χ1n) is 10.8. The first kappa shape index (κ1) is 21.1. The van der Waals surface area contributed by atoms with Crippen LogP contribution in [-0.4, -0.2) is 52.0 Å². The fraction of sp³-hybridized carbons (Fsp3) is 0.360. The number of carbonyl (C=O) groups is 2. The number of rotatable bonds is 6. The van der Waals surface area contributed by atoms with Gasteiger partial charge in [-0.15, -0.1) is 0 Å². The molecule has 1 fully saturated rings. The number of imide groups is 1. The molecule has 2 heterocycles. The molecule has 2 aliphatic rings. The lowest BCUT2D eigenvalue weighted by molar-refractivity contribution is -0.141. The summed E-state index contributed by atoms with van der Waals surface area (Å²) in [6.07, 6.45) is 1.44. The Bertz CT molecular complexity index is 974. The molecule has 2 aliphatic heterocycles. The van der Waals surface area contributed by atoms with Gasteiger partial charge in [-0.2, -0.15) is 0 Å². The summed E-state index contributed by atoms with van der Waals surface area (Å²) in [7, 11) is 0. The quantitative estimate of drug-likeness (QED) is 0.721. The van der Waals surface area contributed by atoms with E-state index in [1.807, 2.05) is 32.0 Å². The molecular weight excluding hydrogens is 392 g/mol. The lowest BCUT2D eigenvalue weighted by Crippen LogP contribution is -2.47. The summed E-state index contributed by atoms with van der Waals surface area (Å²) in [6.45, 7) is 6.33. The number of aliphatic hydroxyl groups is 1. The Hall–Kier alpha value is -3.12. The number of amides is 2. The molecule has 2 aromatic carbocycles. The van der Waals surface area contributed by atoms with E-state index in [9.17, 15) is 14.7 Å². The molecule has 4 rings (SSSR count). The van der Waals surface area contributed by atoms with Crippen LogP contribution in [0.5, 0.6) is 5.75 Å². The smallest absolute Gasteiger partial charge is 0.296 e. The van der Waals surface area contributed by atoms with Crippen molar-refractivity contribution in [1.29, 1.82) is 0 Å². The van der Waals surface area contributed by atoms with Crippen molar-refractivity contribution < 1.29 is 19.4 Å². The minimum absolute atomic E-state index is 0.0383. The van der Waals surface area contributed by atoms with Crippen LogP contribution >= 0.6 is 0 Å². The third-order valence-electron chi connectivity index (χ3n) is 5.78. The van der Waals surface area contributed by atoms with Crippen LogP contribution in [0.3, 0.4) is 0 Å². The van der Waals surface area contributed by atoms with E-state index in [1.54, 1.807) is 24.3 Å². The van der Waals surface area contributed by atoms with Crippen LogP contribution in [-0.2, 0) is 16.1 Å². The van der Waals surface area contributed by atoms with E-state index in [-0.39, 0.29) is 17.7 Å². The highest BCUT2D eigenvalue weighted by atomic mass is 16.5. The first-order valence-corrected chi connectivity index (χ1v) is 10.8. The Balaban J connectivity index is 1.42. The molecule has 2 aromatic rings. The van der Waals surface area contributed by atoms with Gasteiger partial charge in [0, 0.05) is 25.7 Å². The maximum atomic E-state index is 13.1. The number of nitrogens with zero attached hydrogens (tertiary/aromatic N) is 2. The van der Waals surface area contributed by atoms with Crippen molar-refractivity contribution in [3.8, 4) is 5.75 Å². The summed E-state index contributed by atoms with van der Waals surface area (Å²) in [5.74, 6) is -0.793. The molecule has 6 nitrogen and oxygen atoms in total. The number of aliphatic hydroxyl groups excluding tert-OH is 1. The van der Waals surface area contributed by atoms with Crippen LogP contribution in [0.25, 0.3) is 5.57 Å². The number of benzene rings is 2. The van der Waals surface area contributed by atoms with Gasteiger partial charge in [0.1, 0.15) is 5.75 Å². The zero-order valence-corrected chi connectivity index (χ0v) is 18.0. The molecule has 6 heteroatoms. The van der Waals surface area contributed by atoms with Gasteiger partial charge >= 0.3 is 0 Å². The summed E-state index contributed by atoms with van der Waals surface area (Å²) in [4.78, 5) is 29.4. The highest BCUT2D eigenvalue weighted by Gasteiger charge is 2.43. The largest absolute Gasteiger partial charge is 0.502 e. The van der Waals surface area contributed by atoms with Crippen LogP contribution in [0.15, 0.2) is 60.4 Å². The van der Waals surface area contributed by atoms with E-state index in [1.165, 1.54) is 10.5 Å². The minimum Gasteiger partial charge on any atom is -0.502 e. The Kier molecular flexibility index (Phi) is 6.09. The van der Waals surface area contributed by atoms with E-state index >= 15 is 0 Å². The van der Waals surface area contributed by atoms with Crippen molar-refractivity contribution in [2.45, 2.75) is 45.4 Å².